The smallest absolute Gasteiger partial charge is 0.335 e. The van der Waals surface area contributed by atoms with Crippen LogP contribution < -0.4 is 4.72 Å². The number of carboxylic acid groups (broad SMARTS) is 1. The van der Waals surface area contributed by atoms with Crippen molar-refractivity contribution < 1.29 is 18.3 Å². The minimum Gasteiger partial charge on any atom is -0.478 e. The SMILES string of the molecule is CCC(CC1CC1)NS(=O)(=O)Cc1ccc(C(=O)O)cc1. The van der Waals surface area contributed by atoms with E-state index in [0.29, 0.717) is 11.5 Å². The van der Waals surface area contributed by atoms with Gasteiger partial charge in [0.1, 0.15) is 0 Å². The molecule has 0 radical (unpaired) electrons. The van der Waals surface area contributed by atoms with Crippen LogP contribution in [0.4, 0.5) is 0 Å². The van der Waals surface area contributed by atoms with Gasteiger partial charge in [0, 0.05) is 6.04 Å². The first kappa shape index (κ1) is 16.0. The number of benzene rings is 1. The maximum absolute atomic E-state index is 12.2. The van der Waals surface area contributed by atoms with Crippen molar-refractivity contribution in [1.29, 1.82) is 0 Å². The van der Waals surface area contributed by atoms with E-state index in [1.165, 1.54) is 25.0 Å². The fourth-order valence-electron chi connectivity index (χ4n) is 2.31. The highest BCUT2D eigenvalue weighted by atomic mass is 32.2. The lowest BCUT2D eigenvalue weighted by molar-refractivity contribution is 0.0697. The number of carbonyl (C=O) groups is 1. The summed E-state index contributed by atoms with van der Waals surface area (Å²) in [5, 5.41) is 8.82. The van der Waals surface area contributed by atoms with E-state index in [9.17, 15) is 13.2 Å². The van der Waals surface area contributed by atoms with Crippen molar-refractivity contribution in [3.63, 3.8) is 0 Å². The van der Waals surface area contributed by atoms with Crippen molar-refractivity contribution in [2.75, 3.05) is 0 Å². The summed E-state index contributed by atoms with van der Waals surface area (Å²) in [6.07, 6.45) is 4.10. The summed E-state index contributed by atoms with van der Waals surface area (Å²) in [6, 6.07) is 5.94. The zero-order valence-corrected chi connectivity index (χ0v) is 12.9. The number of aromatic carboxylic acids is 1. The molecule has 5 nitrogen and oxygen atoms in total. The van der Waals surface area contributed by atoms with E-state index in [4.69, 9.17) is 5.11 Å². The monoisotopic (exact) mass is 311 g/mol. The van der Waals surface area contributed by atoms with Gasteiger partial charge in [-0.3, -0.25) is 0 Å². The molecule has 1 fully saturated rings. The van der Waals surface area contributed by atoms with E-state index >= 15 is 0 Å². The molecule has 1 unspecified atom stereocenters. The van der Waals surface area contributed by atoms with Crippen LogP contribution in [-0.2, 0) is 15.8 Å². The highest BCUT2D eigenvalue weighted by molar-refractivity contribution is 7.88. The lowest BCUT2D eigenvalue weighted by Gasteiger charge is -2.16. The van der Waals surface area contributed by atoms with Gasteiger partial charge in [0.05, 0.1) is 11.3 Å². The number of nitrogens with one attached hydrogen (secondary N) is 1. The van der Waals surface area contributed by atoms with E-state index < -0.39 is 16.0 Å². The molecule has 0 spiro atoms. The number of hydrogen-bond acceptors (Lipinski definition) is 3. The van der Waals surface area contributed by atoms with E-state index in [1.54, 1.807) is 12.1 Å². The average molecular weight is 311 g/mol. The summed E-state index contributed by atoms with van der Waals surface area (Å²) in [5.41, 5.74) is 0.748. The number of carboxylic acids is 1. The Balaban J connectivity index is 1.97. The first-order valence-electron chi connectivity index (χ1n) is 7.22. The summed E-state index contributed by atoms with van der Waals surface area (Å²) in [7, 11) is -3.39. The van der Waals surface area contributed by atoms with E-state index in [-0.39, 0.29) is 17.4 Å². The van der Waals surface area contributed by atoms with Gasteiger partial charge in [-0.25, -0.2) is 17.9 Å². The highest BCUT2D eigenvalue weighted by Gasteiger charge is 2.27. The van der Waals surface area contributed by atoms with Gasteiger partial charge in [0.15, 0.2) is 0 Å². The molecular formula is C15H21NO4S. The molecule has 1 aliphatic rings. The molecule has 0 aromatic heterocycles. The van der Waals surface area contributed by atoms with E-state index in [2.05, 4.69) is 4.72 Å². The summed E-state index contributed by atoms with van der Waals surface area (Å²) < 4.78 is 27.1. The maximum Gasteiger partial charge on any atom is 0.335 e. The third kappa shape index (κ3) is 5.13. The lowest BCUT2D eigenvalue weighted by Crippen LogP contribution is -2.35. The van der Waals surface area contributed by atoms with Crippen LogP contribution in [-0.4, -0.2) is 25.5 Å². The first-order valence-corrected chi connectivity index (χ1v) is 8.87. The van der Waals surface area contributed by atoms with Crippen LogP contribution in [0.1, 0.15) is 48.5 Å². The van der Waals surface area contributed by atoms with Gasteiger partial charge in [-0.1, -0.05) is 31.9 Å². The van der Waals surface area contributed by atoms with E-state index in [0.717, 1.165) is 12.8 Å². The minimum absolute atomic E-state index is 0.000734. The molecular weight excluding hydrogens is 290 g/mol. The summed E-state index contributed by atoms with van der Waals surface area (Å²) in [4.78, 5) is 10.8. The second-order valence-electron chi connectivity index (χ2n) is 5.66. The molecule has 21 heavy (non-hydrogen) atoms. The van der Waals surface area contributed by atoms with Crippen LogP contribution in [0.15, 0.2) is 24.3 Å². The molecule has 1 aliphatic carbocycles. The zero-order chi connectivity index (χ0) is 15.5. The van der Waals surface area contributed by atoms with Gasteiger partial charge < -0.3 is 5.11 Å². The second-order valence-corrected chi connectivity index (χ2v) is 7.42. The predicted molar refractivity (Wildman–Crippen MR) is 80.6 cm³/mol. The molecule has 0 heterocycles. The zero-order valence-electron chi connectivity index (χ0n) is 12.1. The van der Waals surface area contributed by atoms with Crippen molar-refractivity contribution in [2.24, 2.45) is 5.92 Å². The Morgan fingerprint density at radius 2 is 1.95 bits per heavy atom. The molecule has 0 saturated heterocycles. The topological polar surface area (TPSA) is 83.5 Å². The average Bonchev–Trinajstić information content (AvgIpc) is 3.21. The van der Waals surface area contributed by atoms with Crippen LogP contribution >= 0.6 is 0 Å². The molecule has 1 aromatic carbocycles. The second kappa shape index (κ2) is 6.58. The van der Waals surface area contributed by atoms with Crippen molar-refractivity contribution in [3.8, 4) is 0 Å². The van der Waals surface area contributed by atoms with Crippen molar-refractivity contribution >= 4 is 16.0 Å². The van der Waals surface area contributed by atoms with Crippen LogP contribution in [0.2, 0.25) is 0 Å². The first-order chi connectivity index (χ1) is 9.89. The van der Waals surface area contributed by atoms with Crippen molar-refractivity contribution in [2.45, 2.75) is 44.4 Å². The quantitative estimate of drug-likeness (QED) is 0.772. The molecule has 2 rings (SSSR count). The normalized spacial score (nSPS) is 16.6. The van der Waals surface area contributed by atoms with Gasteiger partial charge in [0.25, 0.3) is 0 Å². The molecule has 6 heteroatoms. The summed E-state index contributed by atoms with van der Waals surface area (Å²) in [5.74, 6) is -0.459. The molecule has 2 N–H and O–H groups in total. The van der Waals surface area contributed by atoms with Gasteiger partial charge in [-0.2, -0.15) is 0 Å². The van der Waals surface area contributed by atoms with Crippen molar-refractivity contribution in [3.05, 3.63) is 35.4 Å². The van der Waals surface area contributed by atoms with Gasteiger partial charge in [0.2, 0.25) is 10.0 Å². The minimum atomic E-state index is -3.39. The number of sulfonamides is 1. The van der Waals surface area contributed by atoms with Crippen LogP contribution in [0.25, 0.3) is 0 Å². The Bertz CT molecular complexity index is 591. The Hall–Kier alpha value is -1.40. The Kier molecular flexibility index (Phi) is 5.00. The molecule has 116 valence electrons. The number of rotatable bonds is 8. The van der Waals surface area contributed by atoms with Gasteiger partial charge >= 0.3 is 5.97 Å². The third-order valence-corrected chi connectivity index (χ3v) is 5.12. The van der Waals surface area contributed by atoms with Crippen LogP contribution in [0.3, 0.4) is 0 Å². The molecule has 1 aromatic rings. The van der Waals surface area contributed by atoms with E-state index in [1.807, 2.05) is 6.92 Å². The van der Waals surface area contributed by atoms with Gasteiger partial charge in [-0.05, 0) is 36.5 Å². The third-order valence-electron chi connectivity index (χ3n) is 3.71. The molecule has 0 bridgehead atoms. The Morgan fingerprint density at radius 3 is 2.43 bits per heavy atom. The highest BCUT2D eigenvalue weighted by Crippen LogP contribution is 2.34. The number of hydrogen-bond donors (Lipinski definition) is 2. The van der Waals surface area contributed by atoms with Crippen molar-refractivity contribution in [1.82, 2.24) is 4.72 Å². The largest absolute Gasteiger partial charge is 0.478 e. The van der Waals surface area contributed by atoms with Crippen LogP contribution in [0.5, 0.6) is 0 Å². The predicted octanol–water partition coefficient (Wildman–Crippen LogP) is 2.38. The lowest BCUT2D eigenvalue weighted by atomic mass is 10.1. The Labute approximate surface area is 125 Å². The Morgan fingerprint density at radius 1 is 1.33 bits per heavy atom. The summed E-state index contributed by atoms with van der Waals surface area (Å²) >= 11 is 0. The fraction of sp³-hybridized carbons (Fsp3) is 0.533. The molecule has 1 atom stereocenters. The summed E-state index contributed by atoms with van der Waals surface area (Å²) in [6.45, 7) is 1.98. The van der Waals surface area contributed by atoms with Gasteiger partial charge in [-0.15, -0.1) is 0 Å². The maximum atomic E-state index is 12.2. The fourth-order valence-corrected chi connectivity index (χ4v) is 3.80. The molecule has 1 saturated carbocycles. The van der Waals surface area contributed by atoms with Crippen LogP contribution in [0, 0.1) is 5.92 Å². The molecule has 0 aliphatic heterocycles. The standard InChI is InChI=1S/C15H21NO4S/c1-2-14(9-11-3-4-11)16-21(19,20)10-12-5-7-13(8-6-12)15(17)18/h5-8,11,14,16H,2-4,9-10H2,1H3,(H,17,18). The molecule has 0 amide bonds.